The normalized spacial score (nSPS) is 12.6. The predicted molar refractivity (Wildman–Crippen MR) is 238 cm³/mol. The van der Waals surface area contributed by atoms with Crippen LogP contribution in [0.4, 0.5) is 0 Å². The highest BCUT2D eigenvalue weighted by Gasteiger charge is 2.26. The van der Waals surface area contributed by atoms with Gasteiger partial charge in [-0.3, -0.25) is 9.13 Å². The van der Waals surface area contributed by atoms with Gasteiger partial charge in [-0.25, -0.2) is 0 Å². The third kappa shape index (κ3) is 3.64. The van der Waals surface area contributed by atoms with E-state index in [0.29, 0.717) is 0 Å². The van der Waals surface area contributed by atoms with E-state index in [1.54, 1.807) is 0 Å². The molecule has 14 rings (SSSR count). The summed E-state index contributed by atoms with van der Waals surface area (Å²) in [5, 5.41) is 27.4. The van der Waals surface area contributed by atoms with Crippen molar-refractivity contribution in [3.05, 3.63) is 176 Å². The van der Waals surface area contributed by atoms with Gasteiger partial charge in [-0.2, -0.15) is 0 Å². The van der Waals surface area contributed by atoms with Crippen molar-refractivity contribution >= 4 is 114 Å². The molecule has 9 aromatic carbocycles. The van der Waals surface area contributed by atoms with Crippen LogP contribution in [0, 0.1) is 0 Å². The number of hydrogen-bond donors (Lipinski definition) is 0. The monoisotopic (exact) mass is 723 g/mol. The molecule has 5 heterocycles. The maximum absolute atomic E-state index is 5.25. The van der Waals surface area contributed by atoms with Gasteiger partial charge in [-0.1, -0.05) is 133 Å². The summed E-state index contributed by atoms with van der Waals surface area (Å²) in [7, 11) is 0. The van der Waals surface area contributed by atoms with Crippen LogP contribution in [0.3, 0.4) is 0 Å². The fraction of sp³-hybridized carbons (Fsp3) is 0. The summed E-state index contributed by atoms with van der Waals surface area (Å²) in [4.78, 5) is 0. The summed E-state index contributed by atoms with van der Waals surface area (Å²) in [5.74, 6) is 1.64. The summed E-state index contributed by atoms with van der Waals surface area (Å²) < 4.78 is 7.17. The highest BCUT2D eigenvalue weighted by molar-refractivity contribution is 6.36. The lowest BCUT2D eigenvalue weighted by atomic mass is 10.0. The average Bonchev–Trinajstić information content (AvgIpc) is 3.99. The van der Waals surface area contributed by atoms with Gasteiger partial charge in [-0.15, -0.1) is 10.2 Å². The summed E-state index contributed by atoms with van der Waals surface area (Å²) >= 11 is 0. The highest BCUT2D eigenvalue weighted by atomic mass is 15.3. The van der Waals surface area contributed by atoms with E-state index in [0.717, 1.165) is 44.5 Å². The van der Waals surface area contributed by atoms with Crippen LogP contribution in [0.15, 0.2) is 176 Å². The smallest absolute Gasteiger partial charge is 0.168 e. The molecule has 0 atom stereocenters. The summed E-state index contributed by atoms with van der Waals surface area (Å²) in [6.45, 7) is 0. The minimum Gasteiger partial charge on any atom is -0.308 e. The zero-order chi connectivity index (χ0) is 36.9. The molecule has 0 radical (unpaired) electrons. The molecule has 0 amide bonds. The second-order valence-corrected chi connectivity index (χ2v) is 15.4. The Labute approximate surface area is 324 Å². The van der Waals surface area contributed by atoms with Crippen LogP contribution in [0.25, 0.3) is 126 Å². The molecule has 0 aliphatic rings. The lowest BCUT2D eigenvalue weighted by Crippen LogP contribution is -2.06. The van der Waals surface area contributed by atoms with Crippen LogP contribution in [-0.4, -0.2) is 23.7 Å². The number of nitrogens with zero attached hydrogens (tertiary/aromatic N) is 5. The molecular formula is C52H29N5. The zero-order valence-electron chi connectivity index (χ0n) is 30.5. The molecule has 0 bridgehead atoms. The van der Waals surface area contributed by atoms with Gasteiger partial charge in [0, 0.05) is 53.9 Å². The van der Waals surface area contributed by atoms with Crippen molar-refractivity contribution in [3.63, 3.8) is 0 Å². The summed E-state index contributed by atoms with van der Waals surface area (Å²) in [6.07, 6.45) is 0. The van der Waals surface area contributed by atoms with E-state index in [1.165, 1.54) is 81.2 Å². The average molecular weight is 724 g/mol. The van der Waals surface area contributed by atoms with Gasteiger partial charge < -0.3 is 4.40 Å². The molecule has 262 valence electrons. The van der Waals surface area contributed by atoms with E-state index in [1.807, 2.05) is 0 Å². The molecule has 5 nitrogen and oxygen atoms in total. The molecule has 0 aliphatic carbocycles. The number of aromatic nitrogens is 5. The first kappa shape index (κ1) is 29.6. The van der Waals surface area contributed by atoms with Gasteiger partial charge in [0.05, 0.1) is 38.6 Å². The quantitative estimate of drug-likeness (QED) is 0.178. The van der Waals surface area contributed by atoms with E-state index in [4.69, 9.17) is 10.2 Å². The van der Waals surface area contributed by atoms with Crippen LogP contribution in [0.2, 0.25) is 0 Å². The molecule has 0 spiro atoms. The molecule has 0 N–H and O–H groups in total. The Bertz CT molecular complexity index is 4050. The van der Waals surface area contributed by atoms with E-state index in [2.05, 4.69) is 189 Å². The van der Waals surface area contributed by atoms with Gasteiger partial charge in [0.1, 0.15) is 0 Å². The van der Waals surface area contributed by atoms with Crippen LogP contribution >= 0.6 is 0 Å². The van der Waals surface area contributed by atoms with Gasteiger partial charge >= 0.3 is 0 Å². The summed E-state index contributed by atoms with van der Waals surface area (Å²) in [6, 6.07) is 64.0. The number of rotatable bonds is 2. The molecule has 57 heavy (non-hydrogen) atoms. The van der Waals surface area contributed by atoms with E-state index in [-0.39, 0.29) is 0 Å². The van der Waals surface area contributed by atoms with Crippen LogP contribution in [0.1, 0.15) is 0 Å². The molecule has 0 fully saturated rings. The maximum atomic E-state index is 5.25. The summed E-state index contributed by atoms with van der Waals surface area (Å²) in [5.41, 5.74) is 8.18. The Morgan fingerprint density at radius 3 is 1.51 bits per heavy atom. The van der Waals surface area contributed by atoms with Gasteiger partial charge in [-0.05, 0) is 64.0 Å². The maximum Gasteiger partial charge on any atom is 0.168 e. The van der Waals surface area contributed by atoms with E-state index >= 15 is 0 Å². The number of benzene rings is 9. The standard InChI is InChI=1S/C52H29N5/c1-2-15-32-28-45-40(27-31(32)14-1)49-48-38-21-9-12-24-43(38)57(46(48)29-39-34-17-7-10-22-41(34)55(45)50(39)49)52-36-19-6-5-18-35(36)51(53-54-52)56-42-23-11-8-20-37(42)47-33-16-4-3-13-30(33)25-26-44(47)56/h1-29H. The van der Waals surface area contributed by atoms with Crippen molar-refractivity contribution in [3.8, 4) is 11.6 Å². The molecule has 5 aromatic heterocycles. The highest BCUT2D eigenvalue weighted by Crippen LogP contribution is 2.48. The van der Waals surface area contributed by atoms with Crippen molar-refractivity contribution < 1.29 is 0 Å². The van der Waals surface area contributed by atoms with Crippen molar-refractivity contribution in [2.24, 2.45) is 0 Å². The Hall–Kier alpha value is -7.76. The fourth-order valence-corrected chi connectivity index (χ4v) is 10.3. The Morgan fingerprint density at radius 1 is 0.281 bits per heavy atom. The predicted octanol–water partition coefficient (Wildman–Crippen LogP) is 13.3. The third-order valence-corrected chi connectivity index (χ3v) is 12.6. The molecular weight excluding hydrogens is 695 g/mol. The first-order chi connectivity index (χ1) is 28.3. The number of para-hydroxylation sites is 3. The van der Waals surface area contributed by atoms with Crippen molar-refractivity contribution in [1.82, 2.24) is 23.7 Å². The minimum absolute atomic E-state index is 0.818. The lowest BCUT2D eigenvalue weighted by Gasteiger charge is -2.14. The lowest BCUT2D eigenvalue weighted by molar-refractivity contribution is 0.930. The van der Waals surface area contributed by atoms with Crippen LogP contribution in [-0.2, 0) is 0 Å². The second kappa shape index (κ2) is 10.5. The molecule has 0 aliphatic heterocycles. The zero-order valence-corrected chi connectivity index (χ0v) is 30.5. The molecule has 0 saturated carbocycles. The molecule has 14 aromatic rings. The van der Waals surface area contributed by atoms with E-state index in [9.17, 15) is 0 Å². The fourth-order valence-electron chi connectivity index (χ4n) is 10.3. The SMILES string of the molecule is c1ccc2cc3c(cc2c1)c1c2c4ccccc4n(-c4nnc(-n5c6ccccc6c6c7ccccc7ccc65)c5ccccc45)c2cc2c4ccccc4n3c21. The van der Waals surface area contributed by atoms with Crippen molar-refractivity contribution in [2.75, 3.05) is 0 Å². The molecule has 0 saturated heterocycles. The van der Waals surface area contributed by atoms with E-state index < -0.39 is 0 Å². The minimum atomic E-state index is 0.818. The van der Waals surface area contributed by atoms with Crippen molar-refractivity contribution in [1.29, 1.82) is 0 Å². The molecule has 0 unspecified atom stereocenters. The van der Waals surface area contributed by atoms with Gasteiger partial charge in [0.2, 0.25) is 0 Å². The number of fused-ring (bicyclic) bond motifs is 17. The van der Waals surface area contributed by atoms with Crippen molar-refractivity contribution in [2.45, 2.75) is 0 Å². The third-order valence-electron chi connectivity index (χ3n) is 12.6. The van der Waals surface area contributed by atoms with Gasteiger partial charge in [0.25, 0.3) is 0 Å². The second-order valence-electron chi connectivity index (χ2n) is 15.4. The van der Waals surface area contributed by atoms with Crippen LogP contribution in [0.5, 0.6) is 0 Å². The Morgan fingerprint density at radius 2 is 0.807 bits per heavy atom. The van der Waals surface area contributed by atoms with Gasteiger partial charge in [0.15, 0.2) is 11.6 Å². The Kier molecular flexibility index (Phi) is 5.45. The van der Waals surface area contributed by atoms with Crippen LogP contribution < -0.4 is 0 Å². The first-order valence-electron chi connectivity index (χ1n) is 19.5. The largest absolute Gasteiger partial charge is 0.308 e. The Balaban J connectivity index is 1.14. The number of hydrogen-bond acceptors (Lipinski definition) is 2. The topological polar surface area (TPSA) is 40.0 Å². The molecule has 5 heteroatoms. The first-order valence-corrected chi connectivity index (χ1v) is 19.5.